The topological polar surface area (TPSA) is 58.6 Å². The fourth-order valence-electron chi connectivity index (χ4n) is 1.15. The van der Waals surface area contributed by atoms with Crippen LogP contribution >= 0.6 is 0 Å². The van der Waals surface area contributed by atoms with Crippen LogP contribution in [-0.4, -0.2) is 36.9 Å². The summed E-state index contributed by atoms with van der Waals surface area (Å²) in [5, 5.41) is 12.1. The van der Waals surface area contributed by atoms with Crippen molar-refractivity contribution in [1.82, 2.24) is 5.32 Å². The zero-order valence-electron chi connectivity index (χ0n) is 6.54. The highest BCUT2D eigenvalue weighted by molar-refractivity contribution is 5.73. The molecule has 11 heavy (non-hydrogen) atoms. The molecule has 1 saturated heterocycles. The highest BCUT2D eigenvalue weighted by Gasteiger charge is 2.32. The van der Waals surface area contributed by atoms with Gasteiger partial charge in [-0.05, 0) is 6.92 Å². The molecule has 0 unspecified atom stereocenters. The quantitative estimate of drug-likeness (QED) is 0.514. The molecule has 1 rings (SSSR count). The maximum Gasteiger partial charge on any atom is 0.312 e. The van der Waals surface area contributed by atoms with E-state index in [4.69, 9.17) is 4.74 Å². The third-order valence-electron chi connectivity index (χ3n) is 1.77. The minimum Gasteiger partial charge on any atom is -0.466 e. The van der Waals surface area contributed by atoms with Crippen LogP contribution in [0, 0.1) is 5.92 Å². The molecule has 0 aromatic rings. The van der Waals surface area contributed by atoms with E-state index < -0.39 is 6.10 Å². The molecule has 0 amide bonds. The van der Waals surface area contributed by atoms with Crippen molar-refractivity contribution < 1.29 is 14.6 Å². The summed E-state index contributed by atoms with van der Waals surface area (Å²) in [4.78, 5) is 11.0. The third-order valence-corrected chi connectivity index (χ3v) is 1.77. The molecule has 2 atom stereocenters. The molecule has 0 bridgehead atoms. The Labute approximate surface area is 65.5 Å². The molecule has 0 radical (unpaired) electrons. The van der Waals surface area contributed by atoms with Crippen LogP contribution in [0.2, 0.25) is 0 Å². The van der Waals surface area contributed by atoms with Gasteiger partial charge in [0.2, 0.25) is 0 Å². The molecular weight excluding hydrogens is 146 g/mol. The molecule has 0 aromatic heterocycles. The lowest BCUT2D eigenvalue weighted by Crippen LogP contribution is -2.28. The first-order valence-electron chi connectivity index (χ1n) is 3.81. The summed E-state index contributed by atoms with van der Waals surface area (Å²) in [7, 11) is 0. The van der Waals surface area contributed by atoms with Gasteiger partial charge in [-0.3, -0.25) is 4.79 Å². The van der Waals surface area contributed by atoms with Crippen molar-refractivity contribution in [3.05, 3.63) is 0 Å². The van der Waals surface area contributed by atoms with E-state index in [0.717, 1.165) is 0 Å². The molecule has 1 aliphatic heterocycles. The van der Waals surface area contributed by atoms with Crippen molar-refractivity contribution in [3.63, 3.8) is 0 Å². The van der Waals surface area contributed by atoms with Gasteiger partial charge in [0.15, 0.2) is 0 Å². The van der Waals surface area contributed by atoms with Crippen molar-refractivity contribution >= 4 is 5.97 Å². The van der Waals surface area contributed by atoms with Crippen LogP contribution in [0.15, 0.2) is 0 Å². The zero-order chi connectivity index (χ0) is 8.27. The number of esters is 1. The smallest absolute Gasteiger partial charge is 0.312 e. The Hall–Kier alpha value is -0.610. The number of β-amino-alcohol motifs (C(OH)–C–C–N with tert-alkyl or cyclic N) is 1. The molecule has 4 nitrogen and oxygen atoms in total. The molecule has 0 saturated carbocycles. The van der Waals surface area contributed by atoms with Gasteiger partial charge in [0.1, 0.15) is 0 Å². The summed E-state index contributed by atoms with van der Waals surface area (Å²) in [5.74, 6) is -0.667. The Morgan fingerprint density at radius 1 is 1.73 bits per heavy atom. The molecule has 64 valence electrons. The second kappa shape index (κ2) is 3.69. The van der Waals surface area contributed by atoms with Crippen molar-refractivity contribution in [1.29, 1.82) is 0 Å². The van der Waals surface area contributed by atoms with Crippen LogP contribution in [-0.2, 0) is 9.53 Å². The molecule has 1 heterocycles. The standard InChI is InChI=1S/C7H13NO3/c1-2-11-7(10)5-3-8-4-6(5)9/h5-6,8-9H,2-4H2,1H3/t5-,6+/m1/s1. The average Bonchev–Trinajstić information content (AvgIpc) is 2.36. The summed E-state index contributed by atoms with van der Waals surface area (Å²) >= 11 is 0. The maximum absolute atomic E-state index is 11.0. The minimum atomic E-state index is -0.575. The van der Waals surface area contributed by atoms with E-state index in [1.807, 2.05) is 0 Å². The van der Waals surface area contributed by atoms with Crippen molar-refractivity contribution in [2.45, 2.75) is 13.0 Å². The number of hydrogen-bond donors (Lipinski definition) is 2. The van der Waals surface area contributed by atoms with Gasteiger partial charge >= 0.3 is 5.97 Å². The molecule has 4 heteroatoms. The van der Waals surface area contributed by atoms with E-state index in [9.17, 15) is 9.90 Å². The van der Waals surface area contributed by atoms with Gasteiger partial charge in [0.25, 0.3) is 0 Å². The number of aliphatic hydroxyl groups excluding tert-OH is 1. The van der Waals surface area contributed by atoms with E-state index >= 15 is 0 Å². The second-order valence-corrected chi connectivity index (χ2v) is 2.58. The lowest BCUT2D eigenvalue weighted by atomic mass is 10.1. The number of carbonyl (C=O) groups excluding carboxylic acids is 1. The maximum atomic E-state index is 11.0. The third kappa shape index (κ3) is 1.91. The minimum absolute atomic E-state index is 0.301. The molecule has 1 fully saturated rings. The van der Waals surface area contributed by atoms with Gasteiger partial charge in [-0.25, -0.2) is 0 Å². The summed E-state index contributed by atoms with van der Waals surface area (Å²) in [5.41, 5.74) is 0. The monoisotopic (exact) mass is 159 g/mol. The van der Waals surface area contributed by atoms with Crippen LogP contribution in [0.25, 0.3) is 0 Å². The summed E-state index contributed by atoms with van der Waals surface area (Å²) < 4.78 is 4.76. The molecule has 1 aliphatic rings. The number of ether oxygens (including phenoxy) is 1. The first-order chi connectivity index (χ1) is 5.25. The Bertz CT molecular complexity index is 149. The van der Waals surface area contributed by atoms with Crippen LogP contribution < -0.4 is 5.32 Å². The van der Waals surface area contributed by atoms with Crippen LogP contribution in [0.5, 0.6) is 0 Å². The van der Waals surface area contributed by atoms with E-state index in [2.05, 4.69) is 5.32 Å². The van der Waals surface area contributed by atoms with Gasteiger partial charge in [-0.1, -0.05) is 0 Å². The van der Waals surface area contributed by atoms with Gasteiger partial charge < -0.3 is 15.2 Å². The van der Waals surface area contributed by atoms with Gasteiger partial charge in [0.05, 0.1) is 18.6 Å². The van der Waals surface area contributed by atoms with E-state index in [1.165, 1.54) is 0 Å². The number of rotatable bonds is 2. The number of nitrogens with one attached hydrogen (secondary N) is 1. The van der Waals surface area contributed by atoms with Crippen molar-refractivity contribution in [3.8, 4) is 0 Å². The molecular formula is C7H13NO3. The lowest BCUT2D eigenvalue weighted by Gasteiger charge is -2.10. The fourth-order valence-corrected chi connectivity index (χ4v) is 1.15. The highest BCUT2D eigenvalue weighted by Crippen LogP contribution is 2.10. The SMILES string of the molecule is CCOC(=O)[C@@H]1CNC[C@@H]1O. The van der Waals surface area contributed by atoms with Crippen LogP contribution in [0.3, 0.4) is 0 Å². The van der Waals surface area contributed by atoms with Crippen molar-refractivity contribution in [2.24, 2.45) is 5.92 Å². The molecule has 2 N–H and O–H groups in total. The first-order valence-corrected chi connectivity index (χ1v) is 3.81. The zero-order valence-corrected chi connectivity index (χ0v) is 6.54. The van der Waals surface area contributed by atoms with E-state index in [0.29, 0.717) is 19.7 Å². The largest absolute Gasteiger partial charge is 0.466 e. The number of hydrogen-bond acceptors (Lipinski definition) is 4. The molecule has 0 aromatic carbocycles. The van der Waals surface area contributed by atoms with Crippen molar-refractivity contribution in [2.75, 3.05) is 19.7 Å². The Morgan fingerprint density at radius 2 is 2.45 bits per heavy atom. The van der Waals surface area contributed by atoms with Gasteiger partial charge in [-0.2, -0.15) is 0 Å². The highest BCUT2D eigenvalue weighted by atomic mass is 16.5. The van der Waals surface area contributed by atoms with Crippen LogP contribution in [0.1, 0.15) is 6.92 Å². The van der Waals surface area contributed by atoms with E-state index in [1.54, 1.807) is 6.92 Å². The lowest BCUT2D eigenvalue weighted by molar-refractivity contribution is -0.150. The predicted molar refractivity (Wildman–Crippen MR) is 39.0 cm³/mol. The van der Waals surface area contributed by atoms with E-state index in [-0.39, 0.29) is 11.9 Å². The molecule has 0 spiro atoms. The number of aliphatic hydroxyl groups is 1. The van der Waals surface area contributed by atoms with Gasteiger partial charge in [0, 0.05) is 13.1 Å². The number of carbonyl (C=O) groups is 1. The van der Waals surface area contributed by atoms with Gasteiger partial charge in [-0.15, -0.1) is 0 Å². The summed E-state index contributed by atoms with van der Waals surface area (Å²) in [6, 6.07) is 0. The fraction of sp³-hybridized carbons (Fsp3) is 0.857. The van der Waals surface area contributed by atoms with Crippen LogP contribution in [0.4, 0.5) is 0 Å². The average molecular weight is 159 g/mol. The normalized spacial score (nSPS) is 30.4. The Kier molecular flexibility index (Phi) is 2.84. The first kappa shape index (κ1) is 8.49. The second-order valence-electron chi connectivity index (χ2n) is 2.58. The predicted octanol–water partition coefficient (Wildman–Crippen LogP) is -0.870. The summed E-state index contributed by atoms with van der Waals surface area (Å²) in [6.45, 7) is 3.15. The summed E-state index contributed by atoms with van der Waals surface area (Å²) in [6.07, 6.45) is -0.575. The Balaban J connectivity index is 2.39. The molecule has 0 aliphatic carbocycles. The Morgan fingerprint density at radius 3 is 2.91 bits per heavy atom.